The SMILES string of the molecule is Cc1cc2c(cc1F)NC(=O)N(C)C2. The first-order chi connectivity index (χ1) is 6.58. The summed E-state index contributed by atoms with van der Waals surface area (Å²) in [5, 5.41) is 2.62. The van der Waals surface area contributed by atoms with Gasteiger partial charge in [-0.2, -0.15) is 0 Å². The normalized spacial score (nSPS) is 15.1. The predicted molar refractivity (Wildman–Crippen MR) is 51.6 cm³/mol. The number of aryl methyl sites for hydroxylation is 1. The minimum atomic E-state index is -0.284. The summed E-state index contributed by atoms with van der Waals surface area (Å²) in [6.07, 6.45) is 0. The van der Waals surface area contributed by atoms with Crippen molar-refractivity contribution in [2.75, 3.05) is 12.4 Å². The molecule has 1 heterocycles. The number of carbonyl (C=O) groups excluding carboxylic acids is 1. The van der Waals surface area contributed by atoms with Gasteiger partial charge in [0.2, 0.25) is 0 Å². The first-order valence-electron chi connectivity index (χ1n) is 4.39. The van der Waals surface area contributed by atoms with Crippen molar-refractivity contribution < 1.29 is 9.18 Å². The molecule has 0 atom stereocenters. The molecule has 14 heavy (non-hydrogen) atoms. The lowest BCUT2D eigenvalue weighted by Gasteiger charge is -2.26. The van der Waals surface area contributed by atoms with Crippen molar-refractivity contribution in [3.05, 3.63) is 29.1 Å². The number of urea groups is 1. The van der Waals surface area contributed by atoms with Crippen LogP contribution in [0.4, 0.5) is 14.9 Å². The van der Waals surface area contributed by atoms with Crippen LogP contribution in [0, 0.1) is 12.7 Å². The maximum Gasteiger partial charge on any atom is 0.321 e. The van der Waals surface area contributed by atoms with Crippen LogP contribution in [0.15, 0.2) is 12.1 Å². The molecular weight excluding hydrogens is 183 g/mol. The van der Waals surface area contributed by atoms with Gasteiger partial charge in [0.15, 0.2) is 0 Å². The maximum atomic E-state index is 13.2. The summed E-state index contributed by atoms with van der Waals surface area (Å²) in [5.41, 5.74) is 2.13. The Bertz CT molecular complexity index is 403. The summed E-state index contributed by atoms with van der Waals surface area (Å²) in [5.74, 6) is -0.284. The second-order valence-corrected chi connectivity index (χ2v) is 3.54. The Morgan fingerprint density at radius 1 is 1.50 bits per heavy atom. The van der Waals surface area contributed by atoms with Crippen LogP contribution in [-0.4, -0.2) is 18.0 Å². The number of benzene rings is 1. The molecular formula is C10H11FN2O. The van der Waals surface area contributed by atoms with Gasteiger partial charge in [-0.05, 0) is 30.2 Å². The van der Waals surface area contributed by atoms with Gasteiger partial charge in [-0.1, -0.05) is 0 Å². The smallest absolute Gasteiger partial charge is 0.321 e. The number of hydrogen-bond acceptors (Lipinski definition) is 1. The third-order valence-electron chi connectivity index (χ3n) is 2.38. The molecule has 1 aromatic rings. The van der Waals surface area contributed by atoms with Crippen LogP contribution in [0.3, 0.4) is 0 Å². The van der Waals surface area contributed by atoms with E-state index in [2.05, 4.69) is 5.32 Å². The zero-order valence-corrected chi connectivity index (χ0v) is 8.10. The highest BCUT2D eigenvalue weighted by atomic mass is 19.1. The zero-order valence-electron chi connectivity index (χ0n) is 8.10. The number of carbonyl (C=O) groups is 1. The monoisotopic (exact) mass is 194 g/mol. The van der Waals surface area contributed by atoms with E-state index < -0.39 is 0 Å². The Morgan fingerprint density at radius 3 is 2.93 bits per heavy atom. The number of nitrogens with zero attached hydrogens (tertiary/aromatic N) is 1. The molecule has 1 aliphatic rings. The standard InChI is InChI=1S/C10H11FN2O/c1-6-3-7-5-13(2)10(14)12-9(7)4-8(6)11/h3-4H,5H2,1-2H3,(H,12,14). The average molecular weight is 194 g/mol. The van der Waals surface area contributed by atoms with Gasteiger partial charge in [-0.15, -0.1) is 0 Å². The van der Waals surface area contributed by atoms with Crippen LogP contribution in [0.5, 0.6) is 0 Å². The molecule has 2 amide bonds. The van der Waals surface area contributed by atoms with Gasteiger partial charge in [0.25, 0.3) is 0 Å². The summed E-state index contributed by atoms with van der Waals surface area (Å²) in [6, 6.07) is 2.94. The van der Waals surface area contributed by atoms with Gasteiger partial charge in [-0.3, -0.25) is 0 Å². The molecule has 1 aromatic carbocycles. The molecule has 1 aliphatic heterocycles. The predicted octanol–water partition coefficient (Wildman–Crippen LogP) is 2.11. The minimum absolute atomic E-state index is 0.194. The van der Waals surface area contributed by atoms with Gasteiger partial charge in [0, 0.05) is 13.6 Å². The van der Waals surface area contributed by atoms with E-state index in [1.165, 1.54) is 6.07 Å². The van der Waals surface area contributed by atoms with E-state index in [9.17, 15) is 9.18 Å². The van der Waals surface area contributed by atoms with Crippen molar-refractivity contribution in [3.8, 4) is 0 Å². The fourth-order valence-corrected chi connectivity index (χ4v) is 1.53. The van der Waals surface area contributed by atoms with E-state index in [0.717, 1.165) is 5.56 Å². The summed E-state index contributed by atoms with van der Waals surface area (Å²) in [7, 11) is 1.71. The number of anilines is 1. The van der Waals surface area contributed by atoms with Crippen LogP contribution in [0.2, 0.25) is 0 Å². The van der Waals surface area contributed by atoms with E-state index in [1.54, 1.807) is 24.9 Å². The Labute approximate surface area is 81.5 Å². The number of hydrogen-bond donors (Lipinski definition) is 1. The van der Waals surface area contributed by atoms with Gasteiger partial charge < -0.3 is 10.2 Å². The van der Waals surface area contributed by atoms with Crippen molar-refractivity contribution in [2.45, 2.75) is 13.5 Å². The van der Waals surface area contributed by atoms with E-state index in [4.69, 9.17) is 0 Å². The highest BCUT2D eigenvalue weighted by molar-refractivity contribution is 5.92. The molecule has 0 bridgehead atoms. The summed E-state index contributed by atoms with van der Waals surface area (Å²) >= 11 is 0. The summed E-state index contributed by atoms with van der Waals surface area (Å²) in [6.45, 7) is 2.24. The highest BCUT2D eigenvalue weighted by Gasteiger charge is 2.20. The van der Waals surface area contributed by atoms with Gasteiger partial charge in [0.1, 0.15) is 5.82 Å². The minimum Gasteiger partial charge on any atom is -0.323 e. The van der Waals surface area contributed by atoms with Crippen molar-refractivity contribution in [3.63, 3.8) is 0 Å². The molecule has 1 N–H and O–H groups in total. The molecule has 0 spiro atoms. The van der Waals surface area contributed by atoms with Crippen LogP contribution in [0.25, 0.3) is 0 Å². The van der Waals surface area contributed by atoms with Crippen molar-refractivity contribution in [2.24, 2.45) is 0 Å². The largest absolute Gasteiger partial charge is 0.323 e. The van der Waals surface area contributed by atoms with Crippen LogP contribution in [-0.2, 0) is 6.54 Å². The van der Waals surface area contributed by atoms with Gasteiger partial charge >= 0.3 is 6.03 Å². The molecule has 0 radical (unpaired) electrons. The fraction of sp³-hybridized carbons (Fsp3) is 0.300. The van der Waals surface area contributed by atoms with E-state index in [1.807, 2.05) is 0 Å². The Balaban J connectivity index is 2.47. The second-order valence-electron chi connectivity index (χ2n) is 3.54. The Kier molecular flexibility index (Phi) is 1.91. The molecule has 4 heteroatoms. The van der Waals surface area contributed by atoms with Crippen molar-refractivity contribution in [1.82, 2.24) is 4.90 Å². The Morgan fingerprint density at radius 2 is 2.21 bits per heavy atom. The van der Waals surface area contributed by atoms with E-state index >= 15 is 0 Å². The van der Waals surface area contributed by atoms with Crippen LogP contribution in [0.1, 0.15) is 11.1 Å². The molecule has 74 valence electrons. The second kappa shape index (κ2) is 2.97. The topological polar surface area (TPSA) is 32.3 Å². The number of fused-ring (bicyclic) bond motifs is 1. The molecule has 0 fully saturated rings. The van der Waals surface area contributed by atoms with Gasteiger partial charge in [0.05, 0.1) is 5.69 Å². The molecule has 0 aliphatic carbocycles. The lowest BCUT2D eigenvalue weighted by atomic mass is 10.1. The van der Waals surface area contributed by atoms with E-state index in [-0.39, 0.29) is 11.8 Å². The van der Waals surface area contributed by atoms with E-state index in [0.29, 0.717) is 17.8 Å². The number of amides is 2. The first-order valence-corrected chi connectivity index (χ1v) is 4.39. The van der Waals surface area contributed by atoms with Crippen LogP contribution < -0.4 is 5.32 Å². The Hall–Kier alpha value is -1.58. The molecule has 0 saturated heterocycles. The molecule has 2 rings (SSSR count). The molecule has 3 nitrogen and oxygen atoms in total. The zero-order chi connectivity index (χ0) is 10.3. The van der Waals surface area contributed by atoms with Gasteiger partial charge in [-0.25, -0.2) is 9.18 Å². The average Bonchev–Trinajstić information content (AvgIpc) is 2.11. The highest BCUT2D eigenvalue weighted by Crippen LogP contribution is 2.25. The number of rotatable bonds is 0. The number of halogens is 1. The third kappa shape index (κ3) is 1.32. The lowest BCUT2D eigenvalue weighted by molar-refractivity contribution is 0.218. The molecule has 0 unspecified atom stereocenters. The lowest BCUT2D eigenvalue weighted by Crippen LogP contribution is -2.35. The molecule has 0 aromatic heterocycles. The first kappa shape index (κ1) is 8.99. The summed E-state index contributed by atoms with van der Waals surface area (Å²) in [4.78, 5) is 12.8. The van der Waals surface area contributed by atoms with Crippen LogP contribution >= 0.6 is 0 Å². The summed E-state index contributed by atoms with van der Waals surface area (Å²) < 4.78 is 13.2. The molecule has 0 saturated carbocycles. The number of nitrogens with one attached hydrogen (secondary N) is 1. The third-order valence-corrected chi connectivity index (χ3v) is 2.38. The quantitative estimate of drug-likeness (QED) is 0.674. The maximum absolute atomic E-state index is 13.2. The fourth-order valence-electron chi connectivity index (χ4n) is 1.53. The van der Waals surface area contributed by atoms with Crippen molar-refractivity contribution >= 4 is 11.7 Å². The van der Waals surface area contributed by atoms with Crippen molar-refractivity contribution in [1.29, 1.82) is 0 Å².